The van der Waals surface area contributed by atoms with Gasteiger partial charge in [0.2, 0.25) is 5.88 Å². The highest BCUT2D eigenvalue weighted by molar-refractivity contribution is 5.83. The Labute approximate surface area is 105 Å². The summed E-state index contributed by atoms with van der Waals surface area (Å²) in [5.74, 6) is -0.391. The minimum Gasteiger partial charge on any atom is -0.481 e. The molecule has 0 saturated heterocycles. The van der Waals surface area contributed by atoms with Crippen LogP contribution in [0.1, 0.15) is 5.56 Å². The zero-order valence-electron chi connectivity index (χ0n) is 9.96. The standard InChI is InChI=1S/C14H13NO3/c1-18-12-9-8-11-5-2-4-10(14(11)15-12)6-3-7-13(16)17/h2-5,7-9H,6H2,1H3,(H,16,17)/b7-3+. The first kappa shape index (κ1) is 12.1. The van der Waals surface area contributed by atoms with Gasteiger partial charge in [-0.1, -0.05) is 24.3 Å². The Kier molecular flexibility index (Phi) is 3.57. The SMILES string of the molecule is COc1ccc2cccc(C/C=C/C(=O)O)c2n1. The summed E-state index contributed by atoms with van der Waals surface area (Å²) in [6, 6.07) is 9.57. The first-order valence-electron chi connectivity index (χ1n) is 5.53. The number of fused-ring (bicyclic) bond motifs is 1. The zero-order chi connectivity index (χ0) is 13.0. The monoisotopic (exact) mass is 243 g/mol. The summed E-state index contributed by atoms with van der Waals surface area (Å²) in [6.07, 6.45) is 3.28. The number of methoxy groups -OCH3 is 1. The van der Waals surface area contributed by atoms with E-state index in [1.54, 1.807) is 19.3 Å². The van der Waals surface area contributed by atoms with E-state index in [9.17, 15) is 4.79 Å². The molecule has 18 heavy (non-hydrogen) atoms. The highest BCUT2D eigenvalue weighted by atomic mass is 16.5. The number of allylic oxidation sites excluding steroid dienone is 1. The molecule has 2 aromatic rings. The molecule has 0 aliphatic heterocycles. The number of para-hydroxylation sites is 1. The molecule has 0 aliphatic carbocycles. The lowest BCUT2D eigenvalue weighted by Gasteiger charge is -2.05. The highest BCUT2D eigenvalue weighted by Gasteiger charge is 2.03. The molecule has 2 rings (SSSR count). The largest absolute Gasteiger partial charge is 0.481 e. The molecular weight excluding hydrogens is 230 g/mol. The number of pyridine rings is 1. The number of aliphatic carboxylic acids is 1. The molecule has 0 spiro atoms. The number of rotatable bonds is 4. The number of ether oxygens (including phenoxy) is 1. The van der Waals surface area contributed by atoms with Gasteiger partial charge in [-0.25, -0.2) is 9.78 Å². The maximum atomic E-state index is 10.4. The maximum Gasteiger partial charge on any atom is 0.327 e. The zero-order valence-corrected chi connectivity index (χ0v) is 9.96. The minimum absolute atomic E-state index is 0.532. The van der Waals surface area contributed by atoms with E-state index < -0.39 is 5.97 Å². The second-order valence-electron chi connectivity index (χ2n) is 3.79. The van der Waals surface area contributed by atoms with E-state index in [4.69, 9.17) is 9.84 Å². The smallest absolute Gasteiger partial charge is 0.327 e. The number of nitrogens with zero attached hydrogens (tertiary/aromatic N) is 1. The molecule has 1 N–H and O–H groups in total. The first-order chi connectivity index (χ1) is 8.70. The van der Waals surface area contributed by atoms with Crippen molar-refractivity contribution in [3.8, 4) is 5.88 Å². The van der Waals surface area contributed by atoms with Gasteiger partial charge in [0, 0.05) is 17.5 Å². The minimum atomic E-state index is -0.944. The van der Waals surface area contributed by atoms with Crippen molar-refractivity contribution in [1.29, 1.82) is 0 Å². The molecule has 0 unspecified atom stereocenters. The van der Waals surface area contributed by atoms with Gasteiger partial charge in [-0.3, -0.25) is 0 Å². The normalized spacial score (nSPS) is 10.9. The molecule has 1 aromatic carbocycles. The molecule has 0 bridgehead atoms. The molecule has 92 valence electrons. The Morgan fingerprint density at radius 2 is 2.22 bits per heavy atom. The second-order valence-corrected chi connectivity index (χ2v) is 3.79. The number of benzene rings is 1. The van der Waals surface area contributed by atoms with E-state index in [-0.39, 0.29) is 0 Å². The van der Waals surface area contributed by atoms with Gasteiger partial charge in [0.1, 0.15) is 0 Å². The molecule has 4 heteroatoms. The van der Waals surface area contributed by atoms with E-state index in [1.807, 2.05) is 24.3 Å². The molecule has 0 aliphatic rings. The van der Waals surface area contributed by atoms with Gasteiger partial charge >= 0.3 is 5.97 Å². The van der Waals surface area contributed by atoms with Gasteiger partial charge < -0.3 is 9.84 Å². The van der Waals surface area contributed by atoms with Gasteiger partial charge in [0.15, 0.2) is 0 Å². The summed E-state index contributed by atoms with van der Waals surface area (Å²) in [4.78, 5) is 14.8. The molecule has 0 amide bonds. The third kappa shape index (κ3) is 2.66. The third-order valence-corrected chi connectivity index (χ3v) is 2.59. The molecule has 1 aromatic heterocycles. The summed E-state index contributed by atoms with van der Waals surface area (Å²) in [5, 5.41) is 9.58. The van der Waals surface area contributed by atoms with Crippen molar-refractivity contribution in [3.63, 3.8) is 0 Å². The van der Waals surface area contributed by atoms with Crippen molar-refractivity contribution < 1.29 is 14.6 Å². The summed E-state index contributed by atoms with van der Waals surface area (Å²) >= 11 is 0. The molecule has 0 saturated carbocycles. The molecular formula is C14H13NO3. The van der Waals surface area contributed by atoms with Crippen molar-refractivity contribution in [2.24, 2.45) is 0 Å². The van der Waals surface area contributed by atoms with Crippen LogP contribution in [0, 0.1) is 0 Å². The maximum absolute atomic E-state index is 10.4. The Morgan fingerprint density at radius 1 is 1.39 bits per heavy atom. The van der Waals surface area contributed by atoms with E-state index in [0.29, 0.717) is 12.3 Å². The summed E-state index contributed by atoms with van der Waals surface area (Å²) < 4.78 is 5.10. The average Bonchev–Trinajstić information content (AvgIpc) is 2.38. The number of aromatic nitrogens is 1. The number of carboxylic acid groups (broad SMARTS) is 1. The number of hydrogen-bond donors (Lipinski definition) is 1. The van der Waals surface area contributed by atoms with Crippen molar-refractivity contribution in [3.05, 3.63) is 48.0 Å². The van der Waals surface area contributed by atoms with E-state index in [0.717, 1.165) is 22.5 Å². The Morgan fingerprint density at radius 3 is 2.94 bits per heavy atom. The van der Waals surface area contributed by atoms with Crippen LogP contribution in [0.25, 0.3) is 10.9 Å². The fourth-order valence-electron chi connectivity index (χ4n) is 1.76. The predicted octanol–water partition coefficient (Wildman–Crippen LogP) is 2.43. The van der Waals surface area contributed by atoms with E-state index in [1.165, 1.54) is 0 Å². The number of carboxylic acids is 1. The van der Waals surface area contributed by atoms with Gasteiger partial charge in [0.05, 0.1) is 12.6 Å². The summed E-state index contributed by atoms with van der Waals surface area (Å²) in [5.41, 5.74) is 1.82. The van der Waals surface area contributed by atoms with Crippen LogP contribution in [0.15, 0.2) is 42.5 Å². The van der Waals surface area contributed by atoms with Gasteiger partial charge in [-0.2, -0.15) is 0 Å². The Balaban J connectivity index is 2.40. The van der Waals surface area contributed by atoms with Gasteiger partial charge in [-0.15, -0.1) is 0 Å². The fourth-order valence-corrected chi connectivity index (χ4v) is 1.76. The Bertz CT molecular complexity index is 605. The van der Waals surface area contributed by atoms with Crippen LogP contribution in [0.2, 0.25) is 0 Å². The van der Waals surface area contributed by atoms with Crippen molar-refractivity contribution in [2.45, 2.75) is 6.42 Å². The fraction of sp³-hybridized carbons (Fsp3) is 0.143. The van der Waals surface area contributed by atoms with Crippen molar-refractivity contribution >= 4 is 16.9 Å². The van der Waals surface area contributed by atoms with Crippen LogP contribution in [-0.4, -0.2) is 23.2 Å². The average molecular weight is 243 g/mol. The van der Waals surface area contributed by atoms with Crippen molar-refractivity contribution in [2.75, 3.05) is 7.11 Å². The molecule has 4 nitrogen and oxygen atoms in total. The van der Waals surface area contributed by atoms with Crippen LogP contribution >= 0.6 is 0 Å². The quantitative estimate of drug-likeness (QED) is 0.838. The molecule has 0 radical (unpaired) electrons. The lowest BCUT2D eigenvalue weighted by molar-refractivity contribution is -0.131. The summed E-state index contributed by atoms with van der Waals surface area (Å²) in [6.45, 7) is 0. The van der Waals surface area contributed by atoms with Crippen LogP contribution < -0.4 is 4.74 Å². The van der Waals surface area contributed by atoms with Gasteiger partial charge in [0.25, 0.3) is 0 Å². The van der Waals surface area contributed by atoms with Crippen LogP contribution in [0.4, 0.5) is 0 Å². The Hall–Kier alpha value is -2.36. The van der Waals surface area contributed by atoms with Crippen LogP contribution in [0.3, 0.4) is 0 Å². The van der Waals surface area contributed by atoms with Gasteiger partial charge in [-0.05, 0) is 18.1 Å². The summed E-state index contributed by atoms with van der Waals surface area (Å²) in [7, 11) is 1.57. The number of hydrogen-bond acceptors (Lipinski definition) is 3. The van der Waals surface area contributed by atoms with Crippen LogP contribution in [-0.2, 0) is 11.2 Å². The predicted molar refractivity (Wildman–Crippen MR) is 68.8 cm³/mol. The van der Waals surface area contributed by atoms with Crippen molar-refractivity contribution in [1.82, 2.24) is 4.98 Å². The first-order valence-corrected chi connectivity index (χ1v) is 5.53. The van der Waals surface area contributed by atoms with E-state index in [2.05, 4.69) is 4.98 Å². The third-order valence-electron chi connectivity index (χ3n) is 2.59. The second kappa shape index (κ2) is 5.31. The lowest BCUT2D eigenvalue weighted by atomic mass is 10.1. The number of carbonyl (C=O) groups is 1. The topological polar surface area (TPSA) is 59.4 Å². The molecule has 1 heterocycles. The molecule has 0 atom stereocenters. The lowest BCUT2D eigenvalue weighted by Crippen LogP contribution is -1.92. The highest BCUT2D eigenvalue weighted by Crippen LogP contribution is 2.20. The van der Waals surface area contributed by atoms with Crippen LogP contribution in [0.5, 0.6) is 5.88 Å². The van der Waals surface area contributed by atoms with E-state index >= 15 is 0 Å². The molecule has 0 fully saturated rings.